The Morgan fingerprint density at radius 1 is 0.775 bits per heavy atom. The molecule has 7 nitrogen and oxygen atoms in total. The molecule has 0 aliphatic carbocycles. The maximum absolute atomic E-state index is 13.2. The number of nitrogens with zero attached hydrogens (tertiary/aromatic N) is 1. The van der Waals surface area contributed by atoms with E-state index < -0.39 is 11.8 Å². The minimum Gasteiger partial charge on any atom is -0.321 e. The van der Waals surface area contributed by atoms with Crippen LogP contribution in [-0.2, 0) is 4.79 Å². The molecular weight excluding hydrogens is 522 g/mol. The first kappa shape index (κ1) is 26.6. The fourth-order valence-corrected chi connectivity index (χ4v) is 4.94. The average Bonchev–Trinajstić information content (AvgIpc) is 3.22. The molecule has 0 aromatic heterocycles. The van der Waals surface area contributed by atoms with Gasteiger partial charge in [-0.2, -0.15) is 0 Å². The molecular formula is C32H25N3O4S. The van der Waals surface area contributed by atoms with E-state index in [1.165, 1.54) is 16.7 Å². The maximum Gasteiger partial charge on any atom is 0.272 e. The summed E-state index contributed by atoms with van der Waals surface area (Å²) in [4.78, 5) is 53.3. The van der Waals surface area contributed by atoms with Crippen LogP contribution in [0, 0.1) is 6.92 Å². The van der Waals surface area contributed by atoms with E-state index in [0.717, 1.165) is 16.0 Å². The molecule has 1 aliphatic heterocycles. The lowest BCUT2D eigenvalue weighted by Gasteiger charge is -2.14. The number of fused-ring (bicyclic) bond motifs is 1. The number of hydrogen-bond acceptors (Lipinski definition) is 5. The number of carbonyl (C=O) groups excluding carboxylic acids is 4. The summed E-state index contributed by atoms with van der Waals surface area (Å²) in [5.74, 6) is -1.30. The number of aryl methyl sites for hydroxylation is 1. The Bertz CT molecular complexity index is 1580. The number of thioether (sulfide) groups is 1. The van der Waals surface area contributed by atoms with Crippen molar-refractivity contribution in [3.8, 4) is 0 Å². The molecule has 2 N–H and O–H groups in total. The van der Waals surface area contributed by atoms with Crippen LogP contribution in [0.1, 0.15) is 42.2 Å². The van der Waals surface area contributed by atoms with Gasteiger partial charge in [0.25, 0.3) is 23.6 Å². The second-order valence-electron chi connectivity index (χ2n) is 9.12. The number of imide groups is 1. The monoisotopic (exact) mass is 547 g/mol. The Balaban J connectivity index is 1.26. The summed E-state index contributed by atoms with van der Waals surface area (Å²) in [7, 11) is 0. The minimum atomic E-state index is -0.476. The lowest BCUT2D eigenvalue weighted by Crippen LogP contribution is -2.30. The summed E-state index contributed by atoms with van der Waals surface area (Å²) in [6.45, 7) is 1.97. The first-order valence-corrected chi connectivity index (χ1v) is 13.5. The van der Waals surface area contributed by atoms with Crippen LogP contribution < -0.4 is 10.6 Å². The Kier molecular flexibility index (Phi) is 7.89. The van der Waals surface area contributed by atoms with Gasteiger partial charge < -0.3 is 10.6 Å². The van der Waals surface area contributed by atoms with Crippen molar-refractivity contribution < 1.29 is 19.2 Å². The lowest BCUT2D eigenvalue weighted by atomic mass is 10.1. The highest BCUT2D eigenvalue weighted by atomic mass is 32.2. The van der Waals surface area contributed by atoms with E-state index in [4.69, 9.17) is 0 Å². The van der Waals surface area contributed by atoms with Crippen molar-refractivity contribution >= 4 is 47.2 Å². The molecule has 0 fully saturated rings. The molecule has 1 heterocycles. The summed E-state index contributed by atoms with van der Waals surface area (Å²) in [6.07, 6.45) is 1.63. The van der Waals surface area contributed by atoms with Crippen molar-refractivity contribution in [2.75, 3.05) is 11.2 Å². The summed E-state index contributed by atoms with van der Waals surface area (Å²) < 4.78 is 0. The minimum absolute atomic E-state index is 0.0989. The molecule has 0 radical (unpaired) electrons. The zero-order valence-electron chi connectivity index (χ0n) is 21.6. The van der Waals surface area contributed by atoms with Gasteiger partial charge in [-0.3, -0.25) is 24.1 Å². The molecule has 4 amide bonds. The third-order valence-corrected chi connectivity index (χ3v) is 7.26. The molecule has 0 atom stereocenters. The number of anilines is 1. The highest BCUT2D eigenvalue weighted by molar-refractivity contribution is 7.99. The molecule has 8 heteroatoms. The topological polar surface area (TPSA) is 95.6 Å². The van der Waals surface area contributed by atoms with Crippen LogP contribution >= 0.6 is 11.8 Å². The largest absolute Gasteiger partial charge is 0.321 e. The van der Waals surface area contributed by atoms with E-state index in [1.54, 1.807) is 78.9 Å². The fraction of sp³-hybridized carbons (Fsp3) is 0.0625. The van der Waals surface area contributed by atoms with Crippen molar-refractivity contribution in [1.82, 2.24) is 10.2 Å². The van der Waals surface area contributed by atoms with Gasteiger partial charge in [-0.25, -0.2) is 0 Å². The number of hydrogen-bond donors (Lipinski definition) is 2. The van der Waals surface area contributed by atoms with E-state index in [1.807, 2.05) is 37.3 Å². The van der Waals surface area contributed by atoms with E-state index >= 15 is 0 Å². The molecule has 5 rings (SSSR count). The molecule has 1 aliphatic rings. The van der Waals surface area contributed by atoms with Gasteiger partial charge in [0, 0.05) is 16.1 Å². The molecule has 0 unspecified atom stereocenters. The van der Waals surface area contributed by atoms with Gasteiger partial charge in [-0.05, 0) is 67.1 Å². The Morgan fingerprint density at radius 2 is 1.38 bits per heavy atom. The fourth-order valence-electron chi connectivity index (χ4n) is 4.10. The molecule has 0 saturated heterocycles. The van der Waals surface area contributed by atoms with Crippen molar-refractivity contribution in [3.05, 3.63) is 137 Å². The van der Waals surface area contributed by atoms with Crippen LogP contribution in [0.2, 0.25) is 0 Å². The van der Waals surface area contributed by atoms with E-state index in [2.05, 4.69) is 10.6 Å². The lowest BCUT2D eigenvalue weighted by molar-refractivity contribution is -0.113. The molecule has 0 bridgehead atoms. The van der Waals surface area contributed by atoms with Gasteiger partial charge in [0.05, 0.1) is 17.0 Å². The van der Waals surface area contributed by atoms with Crippen LogP contribution in [0.15, 0.2) is 114 Å². The standard InChI is InChI=1S/C32H25N3O4S/c1-21-11-13-22(14-12-21)19-28(34-29(36)23-7-3-2-4-8-23)30(37)33-24-15-17-25(18-16-24)40-20-35-31(38)26-9-5-6-10-27(26)32(35)39/h2-19H,20H2,1H3,(H,33,37)(H,34,36)/b28-19-. The Labute approximate surface area is 235 Å². The number of amides is 4. The van der Waals surface area contributed by atoms with E-state index in [-0.39, 0.29) is 23.4 Å². The molecule has 4 aromatic carbocycles. The third kappa shape index (κ3) is 6.03. The van der Waals surface area contributed by atoms with Gasteiger partial charge in [-0.15, -0.1) is 11.8 Å². The molecule has 40 heavy (non-hydrogen) atoms. The number of benzene rings is 4. The summed E-state index contributed by atoms with van der Waals surface area (Å²) in [5.41, 5.74) is 3.74. The maximum atomic E-state index is 13.2. The summed E-state index contributed by atoms with van der Waals surface area (Å²) in [6, 6.07) is 30.1. The van der Waals surface area contributed by atoms with Gasteiger partial charge >= 0.3 is 0 Å². The number of nitrogens with one attached hydrogen (secondary N) is 2. The smallest absolute Gasteiger partial charge is 0.272 e. The van der Waals surface area contributed by atoms with Crippen LogP contribution in [0.5, 0.6) is 0 Å². The Hall–Kier alpha value is -4.95. The zero-order valence-corrected chi connectivity index (χ0v) is 22.4. The zero-order chi connectivity index (χ0) is 28.1. The first-order valence-electron chi connectivity index (χ1n) is 12.5. The summed E-state index contributed by atoms with van der Waals surface area (Å²) in [5, 5.41) is 5.56. The molecule has 198 valence electrons. The first-order chi connectivity index (χ1) is 19.4. The molecule has 4 aromatic rings. The molecule has 0 saturated carbocycles. The van der Waals surface area contributed by atoms with Crippen molar-refractivity contribution in [3.63, 3.8) is 0 Å². The van der Waals surface area contributed by atoms with Gasteiger partial charge in [0.1, 0.15) is 5.70 Å². The SMILES string of the molecule is Cc1ccc(/C=C(\NC(=O)c2ccccc2)C(=O)Nc2ccc(SCN3C(=O)c4ccccc4C3=O)cc2)cc1. The Morgan fingerprint density at radius 3 is 2.00 bits per heavy atom. The van der Waals surface area contributed by atoms with Crippen molar-refractivity contribution in [2.24, 2.45) is 0 Å². The third-order valence-electron chi connectivity index (χ3n) is 6.27. The van der Waals surface area contributed by atoms with Crippen LogP contribution in [-0.4, -0.2) is 34.4 Å². The predicted octanol–water partition coefficient (Wildman–Crippen LogP) is 5.75. The predicted molar refractivity (Wildman–Crippen MR) is 156 cm³/mol. The van der Waals surface area contributed by atoms with Gasteiger partial charge in [-0.1, -0.05) is 60.2 Å². The number of carbonyl (C=O) groups is 4. The average molecular weight is 548 g/mol. The highest BCUT2D eigenvalue weighted by Crippen LogP contribution is 2.28. The van der Waals surface area contributed by atoms with Crippen LogP contribution in [0.3, 0.4) is 0 Å². The van der Waals surface area contributed by atoms with Crippen LogP contribution in [0.25, 0.3) is 6.08 Å². The van der Waals surface area contributed by atoms with Crippen molar-refractivity contribution in [2.45, 2.75) is 11.8 Å². The summed E-state index contributed by atoms with van der Waals surface area (Å²) >= 11 is 1.34. The van der Waals surface area contributed by atoms with Gasteiger partial charge in [0.2, 0.25) is 0 Å². The van der Waals surface area contributed by atoms with E-state index in [9.17, 15) is 19.2 Å². The normalized spacial score (nSPS) is 12.7. The quantitative estimate of drug-likeness (QED) is 0.166. The van der Waals surface area contributed by atoms with E-state index in [0.29, 0.717) is 22.4 Å². The highest BCUT2D eigenvalue weighted by Gasteiger charge is 2.34. The number of rotatable bonds is 8. The van der Waals surface area contributed by atoms with Crippen LogP contribution in [0.4, 0.5) is 5.69 Å². The van der Waals surface area contributed by atoms with Crippen molar-refractivity contribution in [1.29, 1.82) is 0 Å². The van der Waals surface area contributed by atoms with Gasteiger partial charge in [0.15, 0.2) is 0 Å². The second kappa shape index (κ2) is 11.8. The molecule has 0 spiro atoms. The second-order valence-corrected chi connectivity index (χ2v) is 10.1.